The first-order valence-corrected chi connectivity index (χ1v) is 5.81. The van der Waals surface area contributed by atoms with Crippen LogP contribution in [0.2, 0.25) is 0 Å². The van der Waals surface area contributed by atoms with Crippen LogP contribution in [0.3, 0.4) is 0 Å². The van der Waals surface area contributed by atoms with E-state index in [1.54, 1.807) is 0 Å². The van der Waals surface area contributed by atoms with E-state index in [1.807, 2.05) is 13.8 Å². The van der Waals surface area contributed by atoms with Crippen LogP contribution in [-0.2, 0) is 19.1 Å². The second-order valence-electron chi connectivity index (χ2n) is 5.14. The summed E-state index contributed by atoms with van der Waals surface area (Å²) in [5.41, 5.74) is 0.411. The van der Waals surface area contributed by atoms with Gasteiger partial charge >= 0.3 is 11.9 Å². The SMILES string of the molecule is COC(=O)C1C2C=C(C)C(C2)C1(C)C(=O)OC. The van der Waals surface area contributed by atoms with Crippen LogP contribution >= 0.6 is 0 Å². The molecule has 0 spiro atoms. The Labute approximate surface area is 101 Å². The lowest BCUT2D eigenvalue weighted by Gasteiger charge is -2.36. The van der Waals surface area contributed by atoms with E-state index >= 15 is 0 Å². The van der Waals surface area contributed by atoms with E-state index in [4.69, 9.17) is 9.47 Å². The molecule has 2 aliphatic rings. The van der Waals surface area contributed by atoms with Gasteiger partial charge in [0.2, 0.25) is 0 Å². The highest BCUT2D eigenvalue weighted by molar-refractivity contribution is 5.87. The molecule has 1 fully saturated rings. The molecule has 0 aromatic heterocycles. The molecule has 94 valence electrons. The Hall–Kier alpha value is -1.32. The van der Waals surface area contributed by atoms with Crippen LogP contribution in [0.15, 0.2) is 11.6 Å². The standard InChI is InChI=1S/C13H18O4/c1-7-5-8-6-9(7)13(2,12(15)17-4)10(8)11(14)16-3/h5,8-10H,6H2,1-4H3. The maximum absolute atomic E-state index is 12.0. The summed E-state index contributed by atoms with van der Waals surface area (Å²) in [6.45, 7) is 3.83. The Kier molecular flexibility index (Phi) is 2.76. The summed E-state index contributed by atoms with van der Waals surface area (Å²) in [4.78, 5) is 23.9. The fourth-order valence-corrected chi connectivity index (χ4v) is 3.63. The molecule has 17 heavy (non-hydrogen) atoms. The molecule has 4 heteroatoms. The average Bonchev–Trinajstić information content (AvgIpc) is 2.82. The summed E-state index contributed by atoms with van der Waals surface area (Å²) in [6, 6.07) is 0. The predicted molar refractivity (Wildman–Crippen MR) is 61.0 cm³/mol. The number of carbonyl (C=O) groups excluding carboxylic acids is 2. The molecule has 4 unspecified atom stereocenters. The Bertz CT molecular complexity index is 398. The zero-order valence-corrected chi connectivity index (χ0v) is 10.6. The van der Waals surface area contributed by atoms with Gasteiger partial charge in [-0.15, -0.1) is 0 Å². The van der Waals surface area contributed by atoms with Gasteiger partial charge in [0, 0.05) is 0 Å². The van der Waals surface area contributed by atoms with Crippen LogP contribution in [0, 0.1) is 23.2 Å². The Morgan fingerprint density at radius 3 is 2.53 bits per heavy atom. The van der Waals surface area contributed by atoms with Crippen LogP contribution in [0.5, 0.6) is 0 Å². The molecule has 1 saturated carbocycles. The summed E-state index contributed by atoms with van der Waals surface area (Å²) in [6.07, 6.45) is 2.94. The molecule has 4 atom stereocenters. The number of carbonyl (C=O) groups is 2. The third-order valence-corrected chi connectivity index (χ3v) is 4.41. The topological polar surface area (TPSA) is 52.6 Å². The molecule has 0 aliphatic heterocycles. The molecule has 0 N–H and O–H groups in total. The van der Waals surface area contributed by atoms with E-state index in [0.29, 0.717) is 0 Å². The highest BCUT2D eigenvalue weighted by atomic mass is 16.5. The van der Waals surface area contributed by atoms with Crippen molar-refractivity contribution in [2.24, 2.45) is 23.2 Å². The molecule has 0 aromatic carbocycles. The first-order chi connectivity index (χ1) is 7.96. The third-order valence-electron chi connectivity index (χ3n) is 4.41. The number of allylic oxidation sites excluding steroid dienone is 2. The summed E-state index contributed by atoms with van der Waals surface area (Å²) < 4.78 is 9.73. The van der Waals surface area contributed by atoms with Crippen molar-refractivity contribution >= 4 is 11.9 Å². The van der Waals surface area contributed by atoms with Crippen molar-refractivity contribution < 1.29 is 19.1 Å². The van der Waals surface area contributed by atoms with Gasteiger partial charge in [0.1, 0.15) is 0 Å². The Morgan fingerprint density at radius 2 is 2.00 bits per heavy atom. The lowest BCUT2D eigenvalue weighted by molar-refractivity contribution is -0.166. The molecular weight excluding hydrogens is 220 g/mol. The molecule has 4 nitrogen and oxygen atoms in total. The van der Waals surface area contributed by atoms with Gasteiger partial charge in [0.15, 0.2) is 0 Å². The first-order valence-electron chi connectivity index (χ1n) is 5.81. The van der Waals surface area contributed by atoms with Gasteiger partial charge in [-0.3, -0.25) is 9.59 Å². The zero-order chi connectivity index (χ0) is 12.8. The van der Waals surface area contributed by atoms with Crippen molar-refractivity contribution in [2.75, 3.05) is 14.2 Å². The van der Waals surface area contributed by atoms with Crippen molar-refractivity contribution in [3.05, 3.63) is 11.6 Å². The van der Waals surface area contributed by atoms with Crippen LogP contribution in [0.25, 0.3) is 0 Å². The van der Waals surface area contributed by atoms with Crippen LogP contribution in [0.1, 0.15) is 20.3 Å². The summed E-state index contributed by atoms with van der Waals surface area (Å²) in [7, 11) is 2.73. The smallest absolute Gasteiger partial charge is 0.313 e. The lowest BCUT2D eigenvalue weighted by Crippen LogP contribution is -2.45. The molecule has 0 heterocycles. The van der Waals surface area contributed by atoms with Crippen molar-refractivity contribution in [1.29, 1.82) is 0 Å². The van der Waals surface area contributed by atoms with Gasteiger partial charge < -0.3 is 9.47 Å². The molecule has 0 radical (unpaired) electrons. The normalized spacial score (nSPS) is 38.8. The van der Waals surface area contributed by atoms with Crippen molar-refractivity contribution in [3.8, 4) is 0 Å². The van der Waals surface area contributed by atoms with Crippen molar-refractivity contribution in [3.63, 3.8) is 0 Å². The fourth-order valence-electron chi connectivity index (χ4n) is 3.63. The largest absolute Gasteiger partial charge is 0.469 e. The van der Waals surface area contributed by atoms with Gasteiger partial charge in [0.05, 0.1) is 25.6 Å². The Balaban J connectivity index is 2.44. The van der Waals surface area contributed by atoms with Crippen molar-refractivity contribution in [1.82, 2.24) is 0 Å². The molecular formula is C13H18O4. The zero-order valence-electron chi connectivity index (χ0n) is 10.6. The van der Waals surface area contributed by atoms with Crippen LogP contribution in [-0.4, -0.2) is 26.2 Å². The molecule has 0 saturated heterocycles. The number of methoxy groups -OCH3 is 2. The number of hydrogen-bond acceptors (Lipinski definition) is 4. The lowest BCUT2D eigenvalue weighted by atomic mass is 9.67. The number of rotatable bonds is 2. The number of hydrogen-bond donors (Lipinski definition) is 0. The van der Waals surface area contributed by atoms with E-state index in [-0.39, 0.29) is 23.8 Å². The van der Waals surface area contributed by atoms with Crippen molar-refractivity contribution in [2.45, 2.75) is 20.3 Å². The monoisotopic (exact) mass is 238 g/mol. The van der Waals surface area contributed by atoms with Crippen LogP contribution < -0.4 is 0 Å². The highest BCUT2D eigenvalue weighted by Gasteiger charge is 2.63. The first kappa shape index (κ1) is 12.1. The molecule has 2 bridgehead atoms. The second kappa shape index (κ2) is 3.86. The van der Waals surface area contributed by atoms with E-state index in [9.17, 15) is 9.59 Å². The Morgan fingerprint density at radius 1 is 1.35 bits per heavy atom. The summed E-state index contributed by atoms with van der Waals surface area (Å²) in [5.74, 6) is -0.823. The minimum atomic E-state index is -0.772. The van der Waals surface area contributed by atoms with E-state index in [1.165, 1.54) is 19.8 Å². The number of ether oxygens (including phenoxy) is 2. The van der Waals surface area contributed by atoms with Gasteiger partial charge in [-0.25, -0.2) is 0 Å². The van der Waals surface area contributed by atoms with E-state index < -0.39 is 11.3 Å². The van der Waals surface area contributed by atoms with Gasteiger partial charge in [-0.1, -0.05) is 11.6 Å². The number of esters is 2. The predicted octanol–water partition coefficient (Wildman–Crippen LogP) is 1.55. The minimum Gasteiger partial charge on any atom is -0.469 e. The van der Waals surface area contributed by atoms with Crippen LogP contribution in [0.4, 0.5) is 0 Å². The average molecular weight is 238 g/mol. The number of fused-ring (bicyclic) bond motifs is 2. The minimum absolute atomic E-state index is 0.101. The van der Waals surface area contributed by atoms with Gasteiger partial charge in [-0.05, 0) is 32.1 Å². The molecule has 0 aromatic rings. The fraction of sp³-hybridized carbons (Fsp3) is 0.692. The summed E-state index contributed by atoms with van der Waals surface area (Å²) >= 11 is 0. The summed E-state index contributed by atoms with van der Waals surface area (Å²) in [5, 5.41) is 0. The quantitative estimate of drug-likeness (QED) is 0.541. The second-order valence-corrected chi connectivity index (χ2v) is 5.14. The molecule has 0 amide bonds. The molecule has 2 rings (SSSR count). The van der Waals surface area contributed by atoms with Gasteiger partial charge in [-0.2, -0.15) is 0 Å². The third kappa shape index (κ3) is 1.43. The maximum atomic E-state index is 12.0. The molecule has 2 aliphatic carbocycles. The highest BCUT2D eigenvalue weighted by Crippen LogP contribution is 2.59. The maximum Gasteiger partial charge on any atom is 0.313 e. The van der Waals surface area contributed by atoms with Gasteiger partial charge in [0.25, 0.3) is 0 Å². The van der Waals surface area contributed by atoms with E-state index in [2.05, 4.69) is 6.08 Å². The van der Waals surface area contributed by atoms with E-state index in [0.717, 1.165) is 6.42 Å².